The van der Waals surface area contributed by atoms with Crippen molar-refractivity contribution in [1.82, 2.24) is 10.3 Å². The van der Waals surface area contributed by atoms with E-state index >= 15 is 0 Å². The Hall–Kier alpha value is -2.76. The summed E-state index contributed by atoms with van der Waals surface area (Å²) in [6, 6.07) is 9.49. The molecule has 0 aliphatic heterocycles. The molecule has 0 spiro atoms. The van der Waals surface area contributed by atoms with Gasteiger partial charge in [-0.25, -0.2) is 4.79 Å². The standard InChI is InChI=1S/C22H29N3O3/c1-14-18(15-6-5-7-16(23)10-15)11-17(12-24-14)28-13-22(8-9-22)19(21(2,3)4)25-20(26)27/h5-7,10-12,19,25H,8-9,13,23H2,1-4H3,(H,26,27). The van der Waals surface area contributed by atoms with Crippen LogP contribution >= 0.6 is 0 Å². The molecule has 3 rings (SSSR count). The van der Waals surface area contributed by atoms with Crippen LogP contribution in [0.1, 0.15) is 39.3 Å². The van der Waals surface area contributed by atoms with Crippen LogP contribution in [0.3, 0.4) is 0 Å². The fourth-order valence-electron chi connectivity index (χ4n) is 3.91. The predicted octanol–water partition coefficient (Wildman–Crippen LogP) is 4.48. The van der Waals surface area contributed by atoms with Gasteiger partial charge in [-0.3, -0.25) is 4.98 Å². The number of hydrogen-bond acceptors (Lipinski definition) is 4. The number of amides is 1. The van der Waals surface area contributed by atoms with Crippen LogP contribution in [0.25, 0.3) is 11.1 Å². The van der Waals surface area contributed by atoms with Gasteiger partial charge in [0.2, 0.25) is 0 Å². The van der Waals surface area contributed by atoms with Crippen molar-refractivity contribution in [2.75, 3.05) is 12.3 Å². The third kappa shape index (κ3) is 4.38. The second kappa shape index (κ2) is 7.34. The minimum Gasteiger partial charge on any atom is -0.491 e. The number of ether oxygens (including phenoxy) is 1. The van der Waals surface area contributed by atoms with Gasteiger partial charge in [0.1, 0.15) is 5.75 Å². The van der Waals surface area contributed by atoms with Crippen LogP contribution in [0.5, 0.6) is 5.75 Å². The van der Waals surface area contributed by atoms with Gasteiger partial charge in [0, 0.05) is 28.4 Å². The molecule has 1 unspecified atom stereocenters. The number of hydrogen-bond donors (Lipinski definition) is 3. The summed E-state index contributed by atoms with van der Waals surface area (Å²) in [4.78, 5) is 15.8. The highest BCUT2D eigenvalue weighted by atomic mass is 16.5. The molecule has 28 heavy (non-hydrogen) atoms. The fourth-order valence-corrected chi connectivity index (χ4v) is 3.91. The van der Waals surface area contributed by atoms with Gasteiger partial charge in [0.25, 0.3) is 0 Å². The maximum Gasteiger partial charge on any atom is 0.404 e. The molecule has 0 saturated heterocycles. The number of anilines is 1. The molecule has 6 nitrogen and oxygen atoms in total. The molecule has 1 aliphatic carbocycles. The topological polar surface area (TPSA) is 97.5 Å². The van der Waals surface area contributed by atoms with E-state index in [9.17, 15) is 9.90 Å². The van der Waals surface area contributed by atoms with Crippen LogP contribution in [-0.2, 0) is 0 Å². The van der Waals surface area contributed by atoms with Gasteiger partial charge in [0.05, 0.1) is 12.8 Å². The van der Waals surface area contributed by atoms with Crippen LogP contribution < -0.4 is 15.8 Å². The Balaban J connectivity index is 1.79. The summed E-state index contributed by atoms with van der Waals surface area (Å²) in [5.74, 6) is 0.678. The lowest BCUT2D eigenvalue weighted by Gasteiger charge is -2.37. The molecular formula is C22H29N3O3. The molecule has 1 aromatic carbocycles. The third-order valence-electron chi connectivity index (χ3n) is 5.42. The van der Waals surface area contributed by atoms with E-state index < -0.39 is 6.09 Å². The fraction of sp³-hybridized carbons (Fsp3) is 0.455. The number of nitrogens with one attached hydrogen (secondary N) is 1. The number of benzene rings is 1. The second-order valence-electron chi connectivity index (χ2n) is 8.83. The van der Waals surface area contributed by atoms with Crippen molar-refractivity contribution in [2.45, 2.75) is 46.6 Å². The predicted molar refractivity (Wildman–Crippen MR) is 110 cm³/mol. The van der Waals surface area contributed by atoms with Crippen molar-refractivity contribution < 1.29 is 14.6 Å². The monoisotopic (exact) mass is 383 g/mol. The minimum absolute atomic E-state index is 0.177. The summed E-state index contributed by atoms with van der Waals surface area (Å²) in [6.45, 7) is 8.57. The number of carboxylic acid groups (broad SMARTS) is 1. The number of aromatic nitrogens is 1. The van der Waals surface area contributed by atoms with E-state index in [4.69, 9.17) is 10.5 Å². The Bertz CT molecular complexity index is 870. The molecule has 150 valence electrons. The van der Waals surface area contributed by atoms with Crippen molar-refractivity contribution in [2.24, 2.45) is 10.8 Å². The quantitative estimate of drug-likeness (QED) is 0.639. The molecule has 1 saturated carbocycles. The van der Waals surface area contributed by atoms with Gasteiger partial charge in [-0.2, -0.15) is 0 Å². The van der Waals surface area contributed by atoms with Gasteiger partial charge >= 0.3 is 6.09 Å². The van der Waals surface area contributed by atoms with E-state index in [1.54, 1.807) is 6.20 Å². The summed E-state index contributed by atoms with van der Waals surface area (Å²) in [6.07, 6.45) is 2.61. The highest BCUT2D eigenvalue weighted by Crippen LogP contribution is 2.53. The zero-order valence-electron chi connectivity index (χ0n) is 17.0. The lowest BCUT2D eigenvalue weighted by Crippen LogP contribution is -2.51. The van der Waals surface area contributed by atoms with Gasteiger partial charge in [-0.1, -0.05) is 32.9 Å². The Morgan fingerprint density at radius 2 is 2.07 bits per heavy atom. The number of pyridine rings is 1. The summed E-state index contributed by atoms with van der Waals surface area (Å²) in [5.41, 5.74) is 9.11. The maximum atomic E-state index is 11.3. The van der Waals surface area contributed by atoms with E-state index in [2.05, 4.69) is 31.1 Å². The van der Waals surface area contributed by atoms with Gasteiger partial charge < -0.3 is 20.9 Å². The van der Waals surface area contributed by atoms with E-state index in [1.165, 1.54) is 0 Å². The van der Waals surface area contributed by atoms with E-state index in [0.29, 0.717) is 18.0 Å². The Labute approximate surface area is 166 Å². The number of nitrogen functional groups attached to an aromatic ring is 1. The lowest BCUT2D eigenvalue weighted by molar-refractivity contribution is 0.111. The van der Waals surface area contributed by atoms with Crippen molar-refractivity contribution in [1.29, 1.82) is 0 Å². The normalized spacial score (nSPS) is 16.3. The smallest absolute Gasteiger partial charge is 0.404 e. The first-order chi connectivity index (χ1) is 13.1. The Morgan fingerprint density at radius 3 is 2.64 bits per heavy atom. The molecule has 1 heterocycles. The SMILES string of the molecule is Cc1ncc(OCC2(C(NC(=O)O)C(C)(C)C)CC2)cc1-c1cccc(N)c1. The molecule has 0 bridgehead atoms. The molecule has 1 amide bonds. The first-order valence-electron chi connectivity index (χ1n) is 9.56. The lowest BCUT2D eigenvalue weighted by atomic mass is 9.77. The molecule has 4 N–H and O–H groups in total. The zero-order chi connectivity index (χ0) is 20.5. The largest absolute Gasteiger partial charge is 0.491 e. The first-order valence-corrected chi connectivity index (χ1v) is 9.56. The molecule has 1 fully saturated rings. The van der Waals surface area contributed by atoms with E-state index in [0.717, 1.165) is 29.7 Å². The number of nitrogens with two attached hydrogens (primary N) is 1. The van der Waals surface area contributed by atoms with E-state index in [1.807, 2.05) is 37.3 Å². The zero-order valence-corrected chi connectivity index (χ0v) is 17.0. The van der Waals surface area contributed by atoms with Crippen molar-refractivity contribution >= 4 is 11.8 Å². The van der Waals surface area contributed by atoms with Crippen molar-refractivity contribution in [3.8, 4) is 16.9 Å². The van der Waals surface area contributed by atoms with Crippen LogP contribution in [0.2, 0.25) is 0 Å². The summed E-state index contributed by atoms with van der Waals surface area (Å²) < 4.78 is 6.11. The van der Waals surface area contributed by atoms with Crippen LogP contribution in [0, 0.1) is 17.8 Å². The Morgan fingerprint density at radius 1 is 1.36 bits per heavy atom. The molecule has 1 aromatic heterocycles. The van der Waals surface area contributed by atoms with Gasteiger partial charge in [-0.15, -0.1) is 0 Å². The molecule has 6 heteroatoms. The molecule has 2 aromatic rings. The molecule has 1 aliphatic rings. The number of aryl methyl sites for hydroxylation is 1. The molecule has 1 atom stereocenters. The van der Waals surface area contributed by atoms with Crippen LogP contribution in [0.4, 0.5) is 10.5 Å². The van der Waals surface area contributed by atoms with Crippen molar-refractivity contribution in [3.63, 3.8) is 0 Å². The number of carbonyl (C=O) groups is 1. The highest BCUT2D eigenvalue weighted by molar-refractivity contribution is 5.70. The second-order valence-corrected chi connectivity index (χ2v) is 8.83. The molecule has 0 radical (unpaired) electrons. The van der Waals surface area contributed by atoms with Gasteiger partial charge in [-0.05, 0) is 48.9 Å². The first kappa shape index (κ1) is 20.0. The average Bonchev–Trinajstić information content (AvgIpc) is 3.39. The third-order valence-corrected chi connectivity index (χ3v) is 5.42. The van der Waals surface area contributed by atoms with Crippen LogP contribution in [-0.4, -0.2) is 28.8 Å². The average molecular weight is 383 g/mol. The summed E-state index contributed by atoms with van der Waals surface area (Å²) in [5, 5.41) is 12.0. The number of nitrogens with zero attached hydrogens (tertiary/aromatic N) is 1. The maximum absolute atomic E-state index is 11.3. The van der Waals surface area contributed by atoms with Crippen LogP contribution in [0.15, 0.2) is 36.5 Å². The Kier molecular flexibility index (Phi) is 5.24. The summed E-state index contributed by atoms with van der Waals surface area (Å²) in [7, 11) is 0. The van der Waals surface area contributed by atoms with Crippen molar-refractivity contribution in [3.05, 3.63) is 42.2 Å². The number of rotatable bonds is 6. The van der Waals surface area contributed by atoms with Gasteiger partial charge in [0.15, 0.2) is 0 Å². The molecular weight excluding hydrogens is 354 g/mol. The minimum atomic E-state index is -0.993. The summed E-state index contributed by atoms with van der Waals surface area (Å²) >= 11 is 0. The van der Waals surface area contributed by atoms with E-state index in [-0.39, 0.29) is 16.9 Å². The highest BCUT2D eigenvalue weighted by Gasteiger charge is 2.54.